The topological polar surface area (TPSA) is 103 Å². The molecule has 3 rings (SSSR count). The Morgan fingerprint density at radius 3 is 2.52 bits per heavy atom. The van der Waals surface area contributed by atoms with Gasteiger partial charge in [-0.2, -0.15) is 13.2 Å². The molecule has 0 fully saturated rings. The van der Waals surface area contributed by atoms with Gasteiger partial charge < -0.3 is 20.9 Å². The maximum atomic E-state index is 13.0. The van der Waals surface area contributed by atoms with Gasteiger partial charge in [-0.15, -0.1) is 0 Å². The number of hydrogen-bond acceptors (Lipinski definition) is 3. The van der Waals surface area contributed by atoms with Crippen LogP contribution >= 0.6 is 0 Å². The van der Waals surface area contributed by atoms with Crippen molar-refractivity contribution in [2.24, 2.45) is 0 Å². The first-order valence-corrected chi connectivity index (χ1v) is 10.1. The normalized spacial score (nSPS) is 12.3. The van der Waals surface area contributed by atoms with E-state index in [0.717, 1.165) is 16.5 Å². The number of benzene rings is 2. The lowest BCUT2D eigenvalue weighted by Gasteiger charge is -2.19. The molecule has 1 aromatic heterocycles. The molecule has 0 aliphatic heterocycles. The zero-order valence-electron chi connectivity index (χ0n) is 18.0. The highest BCUT2D eigenvalue weighted by Gasteiger charge is 2.28. The van der Waals surface area contributed by atoms with Gasteiger partial charge in [0.05, 0.1) is 0 Å². The summed E-state index contributed by atoms with van der Waals surface area (Å²) in [6, 6.07) is 10.8. The van der Waals surface area contributed by atoms with Crippen molar-refractivity contribution in [1.82, 2.24) is 15.6 Å². The molecule has 2 aromatic carbocycles. The Labute approximate surface area is 187 Å². The molecule has 0 aliphatic carbocycles. The number of para-hydroxylation sites is 1. The molecule has 0 bridgehead atoms. The minimum Gasteiger partial charge on any atom is -0.361 e. The fraction of sp³-hybridized carbons (Fsp3) is 0.261. The third kappa shape index (κ3) is 6.34. The third-order valence-electron chi connectivity index (χ3n) is 5.00. The number of amides is 3. The average molecular weight is 460 g/mol. The van der Waals surface area contributed by atoms with Crippen LogP contribution in [-0.2, 0) is 16.0 Å². The quantitative estimate of drug-likeness (QED) is 0.434. The highest BCUT2D eigenvalue weighted by Crippen LogP contribution is 2.21. The van der Waals surface area contributed by atoms with Gasteiger partial charge in [-0.05, 0) is 36.2 Å². The van der Waals surface area contributed by atoms with E-state index in [1.54, 1.807) is 18.4 Å². The van der Waals surface area contributed by atoms with Gasteiger partial charge in [0, 0.05) is 41.7 Å². The predicted molar refractivity (Wildman–Crippen MR) is 118 cm³/mol. The van der Waals surface area contributed by atoms with E-state index < -0.39 is 36.5 Å². The first kappa shape index (κ1) is 23.8. The number of aromatic nitrogens is 1. The Bertz CT molecular complexity index is 1190. The minimum absolute atomic E-state index is 0.0344. The molecule has 33 heavy (non-hydrogen) atoms. The summed E-state index contributed by atoms with van der Waals surface area (Å²) in [5, 5.41) is 8.02. The number of alkyl halides is 3. The van der Waals surface area contributed by atoms with Crippen molar-refractivity contribution >= 4 is 34.3 Å². The van der Waals surface area contributed by atoms with E-state index in [4.69, 9.17) is 0 Å². The molecule has 0 spiro atoms. The molecular formula is C23H23F3N4O3. The molecule has 0 radical (unpaired) electrons. The average Bonchev–Trinajstić information content (AvgIpc) is 3.15. The van der Waals surface area contributed by atoms with Crippen molar-refractivity contribution in [2.75, 3.05) is 11.9 Å². The molecule has 7 nitrogen and oxygen atoms in total. The lowest BCUT2D eigenvalue weighted by atomic mass is 10.0. The van der Waals surface area contributed by atoms with Crippen molar-refractivity contribution in [3.05, 3.63) is 65.4 Å². The molecule has 1 heterocycles. The molecule has 3 aromatic rings. The van der Waals surface area contributed by atoms with E-state index in [1.807, 2.05) is 24.3 Å². The standard InChI is InChI=1S/C23H23F3N4O3/c1-13-7-8-15(21(32)28-12-23(24,25)26)9-19(13)30-22(33)20(29-14(2)31)10-16-11-27-18-6-4-3-5-17(16)18/h3-9,11,20,27H,10,12H2,1-2H3,(H,28,32)(H,29,31)(H,30,33). The fourth-order valence-corrected chi connectivity index (χ4v) is 3.38. The molecule has 0 saturated heterocycles. The second-order valence-corrected chi connectivity index (χ2v) is 7.63. The van der Waals surface area contributed by atoms with Gasteiger partial charge in [-0.25, -0.2) is 0 Å². The molecular weight excluding hydrogens is 437 g/mol. The second kappa shape index (κ2) is 9.76. The molecule has 0 saturated carbocycles. The number of nitrogens with one attached hydrogen (secondary N) is 4. The van der Waals surface area contributed by atoms with E-state index in [2.05, 4.69) is 15.6 Å². The van der Waals surface area contributed by atoms with E-state index in [9.17, 15) is 27.6 Å². The minimum atomic E-state index is -4.54. The van der Waals surface area contributed by atoms with Crippen LogP contribution in [0, 0.1) is 6.92 Å². The molecule has 10 heteroatoms. The summed E-state index contributed by atoms with van der Waals surface area (Å²) in [7, 11) is 0. The van der Waals surface area contributed by atoms with Gasteiger partial charge in [0.1, 0.15) is 12.6 Å². The van der Waals surface area contributed by atoms with Crippen LogP contribution in [0.1, 0.15) is 28.4 Å². The monoisotopic (exact) mass is 460 g/mol. The second-order valence-electron chi connectivity index (χ2n) is 7.63. The Kier molecular flexibility index (Phi) is 7.05. The van der Waals surface area contributed by atoms with Crippen LogP contribution < -0.4 is 16.0 Å². The van der Waals surface area contributed by atoms with Crippen molar-refractivity contribution in [2.45, 2.75) is 32.5 Å². The van der Waals surface area contributed by atoms with Gasteiger partial charge in [0.2, 0.25) is 11.8 Å². The van der Waals surface area contributed by atoms with Crippen molar-refractivity contribution < 1.29 is 27.6 Å². The highest BCUT2D eigenvalue weighted by molar-refractivity contribution is 6.00. The molecule has 4 N–H and O–H groups in total. The largest absolute Gasteiger partial charge is 0.405 e. The third-order valence-corrected chi connectivity index (χ3v) is 5.00. The van der Waals surface area contributed by atoms with Crippen LogP contribution in [0.25, 0.3) is 10.9 Å². The first-order chi connectivity index (χ1) is 15.5. The summed E-state index contributed by atoms with van der Waals surface area (Å²) >= 11 is 0. The number of H-pyrrole nitrogens is 1. The maximum absolute atomic E-state index is 13.0. The van der Waals surface area contributed by atoms with Crippen LogP contribution in [-0.4, -0.2) is 41.5 Å². The molecule has 1 atom stereocenters. The summed E-state index contributed by atoms with van der Waals surface area (Å²) in [5.41, 5.74) is 2.55. The van der Waals surface area contributed by atoms with Crippen molar-refractivity contribution in [1.29, 1.82) is 0 Å². The lowest BCUT2D eigenvalue weighted by molar-refractivity contribution is -0.125. The van der Waals surface area contributed by atoms with E-state index in [-0.39, 0.29) is 17.7 Å². The molecule has 3 amide bonds. The predicted octanol–water partition coefficient (Wildman–Crippen LogP) is 3.45. The van der Waals surface area contributed by atoms with Crippen LogP contribution in [0.2, 0.25) is 0 Å². The maximum Gasteiger partial charge on any atom is 0.405 e. The van der Waals surface area contributed by atoms with Crippen molar-refractivity contribution in [3.63, 3.8) is 0 Å². The van der Waals surface area contributed by atoms with Crippen LogP contribution in [0.3, 0.4) is 0 Å². The van der Waals surface area contributed by atoms with E-state index >= 15 is 0 Å². The molecule has 174 valence electrons. The number of fused-ring (bicyclic) bond motifs is 1. The number of aryl methyl sites for hydroxylation is 1. The van der Waals surface area contributed by atoms with Gasteiger partial charge >= 0.3 is 6.18 Å². The number of carbonyl (C=O) groups excluding carboxylic acids is 3. The van der Waals surface area contributed by atoms with Crippen molar-refractivity contribution in [3.8, 4) is 0 Å². The molecule has 1 unspecified atom stereocenters. The Morgan fingerprint density at radius 1 is 1.09 bits per heavy atom. The smallest absolute Gasteiger partial charge is 0.361 e. The summed E-state index contributed by atoms with van der Waals surface area (Å²) < 4.78 is 37.2. The number of hydrogen-bond donors (Lipinski definition) is 4. The zero-order valence-corrected chi connectivity index (χ0v) is 18.0. The number of halogens is 3. The SMILES string of the molecule is CC(=O)NC(Cc1c[nH]c2ccccc12)C(=O)Nc1cc(C(=O)NCC(F)(F)F)ccc1C. The number of rotatable bonds is 7. The number of carbonyl (C=O) groups is 3. The highest BCUT2D eigenvalue weighted by atomic mass is 19.4. The number of anilines is 1. The summed E-state index contributed by atoms with van der Waals surface area (Å²) in [6.07, 6.45) is -2.56. The zero-order chi connectivity index (χ0) is 24.2. The van der Waals surface area contributed by atoms with Gasteiger partial charge in [-0.1, -0.05) is 24.3 Å². The van der Waals surface area contributed by atoms with Crippen LogP contribution in [0.15, 0.2) is 48.7 Å². The van der Waals surface area contributed by atoms with Gasteiger partial charge in [-0.3, -0.25) is 14.4 Å². The van der Waals surface area contributed by atoms with E-state index in [1.165, 1.54) is 25.1 Å². The van der Waals surface area contributed by atoms with E-state index in [0.29, 0.717) is 5.56 Å². The van der Waals surface area contributed by atoms with Gasteiger partial charge in [0.25, 0.3) is 5.91 Å². The summed E-state index contributed by atoms with van der Waals surface area (Å²) in [6.45, 7) is 1.52. The number of aromatic amines is 1. The molecule has 0 aliphatic rings. The fourth-order valence-electron chi connectivity index (χ4n) is 3.38. The first-order valence-electron chi connectivity index (χ1n) is 10.1. The van der Waals surface area contributed by atoms with Gasteiger partial charge in [0.15, 0.2) is 0 Å². The Balaban J connectivity index is 1.79. The Morgan fingerprint density at radius 2 is 1.82 bits per heavy atom. The lowest BCUT2D eigenvalue weighted by Crippen LogP contribution is -2.44. The Hall–Kier alpha value is -3.82. The van der Waals surface area contributed by atoms with Crippen LogP contribution in [0.4, 0.5) is 18.9 Å². The van der Waals surface area contributed by atoms with Crippen LogP contribution in [0.5, 0.6) is 0 Å². The summed E-state index contributed by atoms with van der Waals surface area (Å²) in [5.74, 6) is -1.83. The summed E-state index contributed by atoms with van der Waals surface area (Å²) in [4.78, 5) is 39.9.